The van der Waals surface area contributed by atoms with Gasteiger partial charge in [0.1, 0.15) is 11.6 Å². The van der Waals surface area contributed by atoms with Gasteiger partial charge in [-0.05, 0) is 54.3 Å². The molecule has 0 atom stereocenters. The summed E-state index contributed by atoms with van der Waals surface area (Å²) >= 11 is 0. The third-order valence-electron chi connectivity index (χ3n) is 6.21. The summed E-state index contributed by atoms with van der Waals surface area (Å²) in [5, 5.41) is 9.53. The van der Waals surface area contributed by atoms with E-state index in [-0.39, 0.29) is 23.4 Å². The predicted octanol–water partition coefficient (Wildman–Crippen LogP) is 5.84. The molecule has 186 valence electrons. The Morgan fingerprint density at radius 1 is 0.973 bits per heavy atom. The molecular weight excluding hydrogens is 479 g/mol. The van der Waals surface area contributed by atoms with Gasteiger partial charge in [0.05, 0.1) is 17.8 Å². The zero-order chi connectivity index (χ0) is 26.9. The Morgan fingerprint density at radius 2 is 1.68 bits per heavy atom. The summed E-state index contributed by atoms with van der Waals surface area (Å²) in [6.45, 7) is 3.66. The lowest BCUT2D eigenvalue weighted by atomic mass is 9.93. The highest BCUT2D eigenvalue weighted by Crippen LogP contribution is 2.37. The number of hydrogen-bond acceptors (Lipinski definition) is 3. The molecule has 0 spiro atoms. The van der Waals surface area contributed by atoms with E-state index >= 15 is 0 Å². The van der Waals surface area contributed by atoms with E-state index < -0.39 is 28.8 Å². The Balaban J connectivity index is 2.12. The molecule has 0 fully saturated rings. The first-order valence-corrected chi connectivity index (χ1v) is 11.3. The van der Waals surface area contributed by atoms with Gasteiger partial charge in [-0.15, -0.1) is 0 Å². The number of carbonyl (C=O) groups is 1. The minimum Gasteiger partial charge on any atom is -0.366 e. The average molecular weight is 502 g/mol. The van der Waals surface area contributed by atoms with Gasteiger partial charge in [-0.25, -0.2) is 0 Å². The van der Waals surface area contributed by atoms with Crippen LogP contribution >= 0.6 is 0 Å². The number of amides is 1. The SMILES string of the molecule is Cc1ccc(Cn2c(-c3cc(C(N)=O)ccc3-c3ccccc3)cc(C(F)(F)F)c(C#N)c2=O)c(C)c1. The first-order chi connectivity index (χ1) is 17.5. The van der Waals surface area contributed by atoms with Crippen LogP contribution in [0.2, 0.25) is 0 Å². The van der Waals surface area contributed by atoms with Gasteiger partial charge in [0.2, 0.25) is 5.91 Å². The van der Waals surface area contributed by atoms with Crippen LogP contribution in [0.15, 0.2) is 77.6 Å². The van der Waals surface area contributed by atoms with Crippen molar-refractivity contribution in [2.75, 3.05) is 0 Å². The second-order valence-corrected chi connectivity index (χ2v) is 8.74. The van der Waals surface area contributed by atoms with E-state index in [1.165, 1.54) is 18.2 Å². The van der Waals surface area contributed by atoms with Crippen molar-refractivity contribution in [1.29, 1.82) is 5.26 Å². The Labute approximate surface area is 211 Å². The predicted molar refractivity (Wildman–Crippen MR) is 135 cm³/mol. The van der Waals surface area contributed by atoms with Gasteiger partial charge in [-0.1, -0.05) is 60.2 Å². The topological polar surface area (TPSA) is 88.9 Å². The largest absolute Gasteiger partial charge is 0.417 e. The number of hydrogen-bond donors (Lipinski definition) is 1. The molecule has 4 aromatic rings. The summed E-state index contributed by atoms with van der Waals surface area (Å²) in [5.41, 5.74) is 5.96. The fraction of sp³-hybridized carbons (Fsp3) is 0.138. The smallest absolute Gasteiger partial charge is 0.366 e. The van der Waals surface area contributed by atoms with E-state index in [4.69, 9.17) is 5.73 Å². The van der Waals surface area contributed by atoms with Gasteiger partial charge in [-0.2, -0.15) is 18.4 Å². The number of carbonyl (C=O) groups excluding carboxylic acids is 1. The second kappa shape index (κ2) is 9.78. The van der Waals surface area contributed by atoms with Crippen LogP contribution in [0.5, 0.6) is 0 Å². The van der Waals surface area contributed by atoms with Crippen LogP contribution in [0.1, 0.15) is 38.2 Å². The number of benzene rings is 3. The van der Waals surface area contributed by atoms with E-state index in [1.54, 1.807) is 42.5 Å². The van der Waals surface area contributed by atoms with Crippen LogP contribution in [-0.4, -0.2) is 10.5 Å². The molecule has 37 heavy (non-hydrogen) atoms. The fourth-order valence-corrected chi connectivity index (χ4v) is 4.33. The molecule has 1 aromatic heterocycles. The number of nitrogens with zero attached hydrogens (tertiary/aromatic N) is 2. The number of aromatic nitrogens is 1. The van der Waals surface area contributed by atoms with E-state index in [0.717, 1.165) is 21.8 Å². The summed E-state index contributed by atoms with van der Waals surface area (Å²) < 4.78 is 43.3. The Kier molecular flexibility index (Phi) is 6.73. The van der Waals surface area contributed by atoms with Gasteiger partial charge in [0.15, 0.2) is 0 Å². The number of aryl methyl sites for hydroxylation is 2. The van der Waals surface area contributed by atoms with Crippen molar-refractivity contribution in [3.63, 3.8) is 0 Å². The molecule has 4 rings (SSSR count). The monoisotopic (exact) mass is 501 g/mol. The number of halogens is 3. The molecule has 0 aliphatic rings. The molecule has 0 radical (unpaired) electrons. The third kappa shape index (κ3) is 5.02. The van der Waals surface area contributed by atoms with Crippen LogP contribution in [-0.2, 0) is 12.7 Å². The normalized spacial score (nSPS) is 11.2. The minimum atomic E-state index is -4.95. The molecule has 5 nitrogen and oxygen atoms in total. The lowest BCUT2D eigenvalue weighted by molar-refractivity contribution is -0.137. The van der Waals surface area contributed by atoms with Gasteiger partial charge < -0.3 is 10.3 Å². The Morgan fingerprint density at radius 3 is 2.27 bits per heavy atom. The maximum Gasteiger partial charge on any atom is 0.417 e. The van der Waals surface area contributed by atoms with Crippen LogP contribution in [0.25, 0.3) is 22.4 Å². The van der Waals surface area contributed by atoms with Crippen LogP contribution in [0.3, 0.4) is 0 Å². The number of nitrogens with two attached hydrogens (primary N) is 1. The van der Waals surface area contributed by atoms with Crippen molar-refractivity contribution in [2.45, 2.75) is 26.6 Å². The van der Waals surface area contributed by atoms with Crippen molar-refractivity contribution in [3.8, 4) is 28.5 Å². The molecule has 0 saturated carbocycles. The Bertz CT molecular complexity index is 1610. The molecule has 8 heteroatoms. The van der Waals surface area contributed by atoms with E-state index in [1.807, 2.05) is 26.0 Å². The highest BCUT2D eigenvalue weighted by Gasteiger charge is 2.37. The molecule has 2 N–H and O–H groups in total. The maximum atomic E-state index is 14.0. The highest BCUT2D eigenvalue weighted by molar-refractivity contribution is 5.96. The van der Waals surface area contributed by atoms with Crippen molar-refractivity contribution in [1.82, 2.24) is 4.57 Å². The molecule has 0 aliphatic carbocycles. The van der Waals surface area contributed by atoms with E-state index in [9.17, 15) is 28.0 Å². The first-order valence-electron chi connectivity index (χ1n) is 11.3. The molecule has 1 amide bonds. The summed E-state index contributed by atoms with van der Waals surface area (Å²) in [7, 11) is 0. The van der Waals surface area contributed by atoms with Crippen molar-refractivity contribution in [3.05, 3.63) is 117 Å². The van der Waals surface area contributed by atoms with Gasteiger partial charge in [-0.3, -0.25) is 9.59 Å². The summed E-state index contributed by atoms with van der Waals surface area (Å²) in [4.78, 5) is 25.5. The Hall–Kier alpha value is -4.64. The summed E-state index contributed by atoms with van der Waals surface area (Å²) in [6.07, 6.45) is -4.95. The quantitative estimate of drug-likeness (QED) is 0.373. The number of rotatable bonds is 5. The molecule has 0 bridgehead atoms. The molecule has 1 heterocycles. The summed E-state index contributed by atoms with van der Waals surface area (Å²) in [5.74, 6) is -0.770. The molecule has 0 saturated heterocycles. The number of primary amides is 1. The second-order valence-electron chi connectivity index (χ2n) is 8.74. The fourth-order valence-electron chi connectivity index (χ4n) is 4.33. The third-order valence-corrected chi connectivity index (χ3v) is 6.21. The molecule has 3 aromatic carbocycles. The van der Waals surface area contributed by atoms with Crippen molar-refractivity contribution >= 4 is 5.91 Å². The van der Waals surface area contributed by atoms with Gasteiger partial charge in [0.25, 0.3) is 5.56 Å². The lowest BCUT2D eigenvalue weighted by Crippen LogP contribution is -2.29. The van der Waals surface area contributed by atoms with Crippen LogP contribution < -0.4 is 11.3 Å². The van der Waals surface area contributed by atoms with Crippen molar-refractivity contribution < 1.29 is 18.0 Å². The summed E-state index contributed by atoms with van der Waals surface area (Å²) in [6, 6.07) is 21.1. The number of nitriles is 1. The average Bonchev–Trinajstić information content (AvgIpc) is 2.85. The van der Waals surface area contributed by atoms with Gasteiger partial charge in [0, 0.05) is 11.1 Å². The van der Waals surface area contributed by atoms with Crippen molar-refractivity contribution in [2.24, 2.45) is 5.73 Å². The molecule has 0 aliphatic heterocycles. The van der Waals surface area contributed by atoms with Gasteiger partial charge >= 0.3 is 6.18 Å². The van der Waals surface area contributed by atoms with E-state index in [2.05, 4.69) is 0 Å². The standard InChI is InChI=1S/C29H22F3N3O2/c1-17-8-9-21(18(2)12-17)16-35-26(14-25(29(30,31)32)24(15-33)28(35)37)23-13-20(27(34)36)10-11-22(23)19-6-4-3-5-7-19/h3-14H,16H2,1-2H3,(H2,34,36). The zero-order valence-electron chi connectivity index (χ0n) is 20.1. The van der Waals surface area contributed by atoms with Crippen LogP contribution in [0, 0.1) is 25.2 Å². The molecule has 0 unspecified atom stereocenters. The lowest BCUT2D eigenvalue weighted by Gasteiger charge is -2.21. The number of pyridine rings is 1. The minimum absolute atomic E-state index is 0.0677. The highest BCUT2D eigenvalue weighted by atomic mass is 19.4. The molecular formula is C29H22F3N3O2. The maximum absolute atomic E-state index is 14.0. The first kappa shape index (κ1) is 25.5. The van der Waals surface area contributed by atoms with E-state index in [0.29, 0.717) is 16.7 Å². The zero-order valence-corrected chi connectivity index (χ0v) is 20.1. The van der Waals surface area contributed by atoms with Crippen LogP contribution in [0.4, 0.5) is 13.2 Å². The number of alkyl halides is 3.